The Morgan fingerprint density at radius 1 is 1.26 bits per heavy atom. The second-order valence-electron chi connectivity index (χ2n) is 8.08. The molecule has 0 saturated carbocycles. The van der Waals surface area contributed by atoms with Crippen LogP contribution in [0.1, 0.15) is 65.0 Å². The number of benzene rings is 1. The lowest BCUT2D eigenvalue weighted by Gasteiger charge is -2.38. The van der Waals surface area contributed by atoms with Crippen LogP contribution in [0.4, 0.5) is 0 Å². The van der Waals surface area contributed by atoms with E-state index >= 15 is 0 Å². The van der Waals surface area contributed by atoms with Gasteiger partial charge < -0.3 is 0 Å². The summed E-state index contributed by atoms with van der Waals surface area (Å²) in [5, 5.41) is 2.40. The van der Waals surface area contributed by atoms with E-state index in [1.54, 1.807) is 5.57 Å². The maximum Gasteiger partial charge on any atom is -0.0179 e. The van der Waals surface area contributed by atoms with E-state index in [9.17, 15) is 0 Å². The molecule has 0 bridgehead atoms. The van der Waals surface area contributed by atoms with Gasteiger partial charge in [0.05, 0.1) is 0 Å². The van der Waals surface area contributed by atoms with E-state index in [4.69, 9.17) is 0 Å². The van der Waals surface area contributed by atoms with Gasteiger partial charge in [0.15, 0.2) is 0 Å². The van der Waals surface area contributed by atoms with Crippen LogP contribution in [0.3, 0.4) is 0 Å². The van der Waals surface area contributed by atoms with E-state index in [-0.39, 0.29) is 0 Å². The molecule has 0 heterocycles. The van der Waals surface area contributed by atoms with Crippen LogP contribution in [0.5, 0.6) is 0 Å². The van der Waals surface area contributed by atoms with Crippen molar-refractivity contribution >= 4 is 18.2 Å². The number of hydrogen-bond acceptors (Lipinski definition) is 0. The van der Waals surface area contributed by atoms with Crippen molar-refractivity contribution in [1.82, 2.24) is 0 Å². The lowest BCUT2D eigenvalue weighted by Crippen LogP contribution is -2.30. The third kappa shape index (κ3) is 3.68. The molecule has 0 spiro atoms. The van der Waals surface area contributed by atoms with Gasteiger partial charge in [-0.15, -0.1) is 0 Å². The molecule has 2 rings (SSSR count). The van der Waals surface area contributed by atoms with Crippen LogP contribution in [-0.2, 0) is 0 Å². The average Bonchev–Trinajstić information content (AvgIpc) is 2.47. The molecule has 0 radical (unpaired) electrons. The van der Waals surface area contributed by atoms with Crippen molar-refractivity contribution in [1.29, 1.82) is 0 Å². The minimum atomic E-state index is 0.410. The zero-order valence-corrected chi connectivity index (χ0v) is 15.8. The number of aryl methyl sites for hydroxylation is 1. The maximum atomic E-state index is 4.30. The Bertz CT molecular complexity index is 758. The zero-order valence-electron chi connectivity index (χ0n) is 15.8. The quantitative estimate of drug-likeness (QED) is 0.703. The van der Waals surface area contributed by atoms with Gasteiger partial charge in [0, 0.05) is 0 Å². The Morgan fingerprint density at radius 2 is 1.91 bits per heavy atom. The largest absolute Gasteiger partial charge is 0.0955 e. The van der Waals surface area contributed by atoms with Crippen molar-refractivity contribution in [3.05, 3.63) is 51.4 Å². The minimum absolute atomic E-state index is 0.410. The lowest BCUT2D eigenvalue weighted by atomic mass is 9.67. The van der Waals surface area contributed by atoms with Crippen molar-refractivity contribution in [3.8, 4) is 0 Å². The van der Waals surface area contributed by atoms with Crippen LogP contribution in [-0.4, -0.2) is 0 Å². The first-order chi connectivity index (χ1) is 10.6. The minimum Gasteiger partial charge on any atom is -0.0955 e. The van der Waals surface area contributed by atoms with Crippen molar-refractivity contribution in [2.24, 2.45) is 11.3 Å². The average molecular weight is 309 g/mol. The predicted molar refractivity (Wildman–Crippen MR) is 105 cm³/mol. The van der Waals surface area contributed by atoms with Gasteiger partial charge in [0.25, 0.3) is 0 Å². The summed E-state index contributed by atoms with van der Waals surface area (Å²) in [5.74, 6) is 0.710. The Labute approximate surface area is 142 Å². The highest BCUT2D eigenvalue weighted by molar-refractivity contribution is 5.63. The summed E-state index contributed by atoms with van der Waals surface area (Å²) in [7, 11) is 0. The molecule has 0 N–H and O–H groups in total. The zero-order chi connectivity index (χ0) is 17.4. The number of allylic oxidation sites excluding steroid dienone is 3. The second-order valence-corrected chi connectivity index (χ2v) is 8.08. The van der Waals surface area contributed by atoms with Crippen LogP contribution in [0.2, 0.25) is 0 Å². The summed E-state index contributed by atoms with van der Waals surface area (Å²) >= 11 is 0. The van der Waals surface area contributed by atoms with Crippen molar-refractivity contribution < 1.29 is 0 Å². The summed E-state index contributed by atoms with van der Waals surface area (Å²) in [6.07, 6.45) is 6.07. The number of rotatable bonds is 3. The molecule has 1 aliphatic carbocycles. The van der Waals surface area contributed by atoms with Crippen molar-refractivity contribution in [3.63, 3.8) is 0 Å². The first kappa shape index (κ1) is 17.8. The molecular formula is C23H32. The summed E-state index contributed by atoms with van der Waals surface area (Å²) in [5.41, 5.74) is 7.05. The topological polar surface area (TPSA) is 0 Å². The third-order valence-corrected chi connectivity index (χ3v) is 5.94. The molecule has 0 heteroatoms. The molecule has 23 heavy (non-hydrogen) atoms. The fourth-order valence-electron chi connectivity index (χ4n) is 3.38. The fraction of sp³-hybridized carbons (Fsp3) is 0.478. The van der Waals surface area contributed by atoms with E-state index in [0.29, 0.717) is 11.3 Å². The molecule has 0 aromatic heterocycles. The molecule has 0 aliphatic heterocycles. The smallest absolute Gasteiger partial charge is 0.0179 e. The predicted octanol–water partition coefficient (Wildman–Crippen LogP) is 5.38. The molecule has 1 aliphatic rings. The summed E-state index contributed by atoms with van der Waals surface area (Å²) in [4.78, 5) is 0. The first-order valence-corrected chi connectivity index (χ1v) is 8.80. The Hall–Kier alpha value is -1.56. The Kier molecular flexibility index (Phi) is 5.04. The van der Waals surface area contributed by atoms with Gasteiger partial charge >= 0.3 is 0 Å². The molecule has 0 unspecified atom stereocenters. The highest BCUT2D eigenvalue weighted by atomic mass is 14.4. The van der Waals surface area contributed by atoms with Gasteiger partial charge in [-0.1, -0.05) is 57.2 Å². The normalized spacial score (nSPS) is 22.8. The summed E-state index contributed by atoms with van der Waals surface area (Å²) < 4.78 is 0. The van der Waals surface area contributed by atoms with Gasteiger partial charge in [-0.25, -0.2) is 0 Å². The molecule has 0 amide bonds. The molecule has 0 saturated heterocycles. The molecule has 0 fully saturated rings. The summed E-state index contributed by atoms with van der Waals surface area (Å²) in [6.45, 7) is 22.1. The molecule has 124 valence electrons. The van der Waals surface area contributed by atoms with Crippen LogP contribution < -0.4 is 10.4 Å². The third-order valence-electron chi connectivity index (χ3n) is 5.94. The van der Waals surface area contributed by atoms with Gasteiger partial charge in [-0.2, -0.15) is 0 Å². The number of hydrogen-bond donors (Lipinski definition) is 0. The Morgan fingerprint density at radius 3 is 2.48 bits per heavy atom. The van der Waals surface area contributed by atoms with Crippen LogP contribution >= 0.6 is 0 Å². The van der Waals surface area contributed by atoms with Gasteiger partial charge in [-0.05, 0) is 84.6 Å². The standard InChI is InChI=1S/C23H32/c1-15(2)20-11-18(6)19(7)21(12-20)13-22-14-23(8,16(3)4)10-9-17(22)5/h11-13,16H,1,7,9-10,14H2,2-6,8H3/b21-13-/t23-/m1/s1. The second kappa shape index (κ2) is 6.51. The molecule has 1 aromatic carbocycles. The molecule has 1 atom stereocenters. The maximum absolute atomic E-state index is 4.30. The van der Waals surface area contributed by atoms with Crippen LogP contribution in [0.25, 0.3) is 18.2 Å². The van der Waals surface area contributed by atoms with Gasteiger partial charge in [0.2, 0.25) is 0 Å². The monoisotopic (exact) mass is 308 g/mol. The first-order valence-electron chi connectivity index (χ1n) is 8.80. The van der Waals surface area contributed by atoms with Crippen molar-refractivity contribution in [2.45, 2.75) is 60.8 Å². The molecule has 1 aromatic rings. The SMILES string of the molecule is C=C(C)c1cc(C)c(=C)/c(=C\C2=C(C)CC[C@@](C)(C(C)C)C2)c1. The van der Waals surface area contributed by atoms with Crippen molar-refractivity contribution in [2.75, 3.05) is 0 Å². The van der Waals surface area contributed by atoms with E-state index in [0.717, 1.165) is 10.8 Å². The van der Waals surface area contributed by atoms with E-state index < -0.39 is 0 Å². The Balaban J connectivity index is 2.57. The van der Waals surface area contributed by atoms with E-state index in [2.05, 4.69) is 72.9 Å². The van der Waals surface area contributed by atoms with Crippen LogP contribution in [0, 0.1) is 18.3 Å². The summed E-state index contributed by atoms with van der Waals surface area (Å²) in [6, 6.07) is 4.45. The van der Waals surface area contributed by atoms with Gasteiger partial charge in [0.1, 0.15) is 0 Å². The lowest BCUT2D eigenvalue weighted by molar-refractivity contribution is 0.189. The molecular weight excluding hydrogens is 276 g/mol. The van der Waals surface area contributed by atoms with Crippen LogP contribution in [0.15, 0.2) is 29.9 Å². The van der Waals surface area contributed by atoms with E-state index in [1.807, 2.05) is 0 Å². The van der Waals surface area contributed by atoms with E-state index in [1.165, 1.54) is 41.2 Å². The highest BCUT2D eigenvalue weighted by Gasteiger charge is 2.32. The van der Waals surface area contributed by atoms with Gasteiger partial charge in [-0.3, -0.25) is 0 Å². The highest BCUT2D eigenvalue weighted by Crippen LogP contribution is 2.44. The fourth-order valence-corrected chi connectivity index (χ4v) is 3.38. The molecule has 0 nitrogen and oxygen atoms in total.